The molecule has 1 saturated heterocycles. The van der Waals surface area contributed by atoms with E-state index in [0.29, 0.717) is 6.61 Å². The summed E-state index contributed by atoms with van der Waals surface area (Å²) in [5.74, 6) is 0. The molecule has 0 saturated carbocycles. The van der Waals surface area contributed by atoms with Gasteiger partial charge in [0.2, 0.25) is 0 Å². The van der Waals surface area contributed by atoms with Gasteiger partial charge < -0.3 is 24.8 Å². The lowest BCUT2D eigenvalue weighted by Gasteiger charge is -2.35. The van der Waals surface area contributed by atoms with Gasteiger partial charge in [-0.3, -0.25) is 0 Å². The molecule has 0 amide bonds. The molecular formula is C17H34O5. The average molecular weight is 318 g/mol. The number of hydrogen-bond acceptors (Lipinski definition) is 5. The van der Waals surface area contributed by atoms with Gasteiger partial charge in [-0.1, -0.05) is 64.7 Å². The van der Waals surface area contributed by atoms with E-state index in [-0.39, 0.29) is 6.61 Å². The van der Waals surface area contributed by atoms with Gasteiger partial charge in [0.05, 0.1) is 6.61 Å². The molecule has 1 rings (SSSR count). The van der Waals surface area contributed by atoms with Crippen molar-refractivity contribution in [1.29, 1.82) is 0 Å². The van der Waals surface area contributed by atoms with Crippen LogP contribution >= 0.6 is 0 Å². The molecule has 1 heterocycles. The average Bonchev–Trinajstić information content (AvgIpc) is 2.51. The maximum Gasteiger partial charge on any atom is 0.183 e. The van der Waals surface area contributed by atoms with E-state index >= 15 is 0 Å². The maximum atomic E-state index is 9.75. The molecule has 0 aromatic heterocycles. The molecule has 22 heavy (non-hydrogen) atoms. The van der Waals surface area contributed by atoms with Crippen LogP contribution in [-0.4, -0.2) is 53.1 Å². The molecule has 0 spiro atoms. The first-order valence-corrected chi connectivity index (χ1v) is 8.94. The fraction of sp³-hybridized carbons (Fsp3) is 1.00. The van der Waals surface area contributed by atoms with Gasteiger partial charge in [0.15, 0.2) is 6.29 Å². The lowest BCUT2D eigenvalue weighted by Crippen LogP contribution is -2.54. The first-order valence-electron chi connectivity index (χ1n) is 8.94. The van der Waals surface area contributed by atoms with Crippen molar-refractivity contribution >= 4 is 0 Å². The Hall–Kier alpha value is -0.200. The fourth-order valence-electron chi connectivity index (χ4n) is 2.77. The fourth-order valence-corrected chi connectivity index (χ4v) is 2.77. The highest BCUT2D eigenvalue weighted by Crippen LogP contribution is 2.18. The number of hydrogen-bond donors (Lipinski definition) is 3. The Morgan fingerprint density at radius 1 is 0.864 bits per heavy atom. The van der Waals surface area contributed by atoms with Gasteiger partial charge in [-0.15, -0.1) is 0 Å². The highest BCUT2D eigenvalue weighted by molar-refractivity contribution is 4.83. The van der Waals surface area contributed by atoms with Crippen molar-refractivity contribution in [2.45, 2.75) is 95.7 Å². The normalized spacial score (nSPS) is 28.9. The highest BCUT2D eigenvalue weighted by Gasteiger charge is 2.38. The van der Waals surface area contributed by atoms with E-state index < -0.39 is 24.6 Å². The Balaban J connectivity index is 1.92. The minimum absolute atomic E-state index is 0.0551. The monoisotopic (exact) mass is 318 g/mol. The van der Waals surface area contributed by atoms with Crippen molar-refractivity contribution in [2.75, 3.05) is 13.2 Å². The third-order valence-corrected chi connectivity index (χ3v) is 4.26. The summed E-state index contributed by atoms with van der Waals surface area (Å²) in [5, 5.41) is 28.8. The first kappa shape index (κ1) is 19.8. The number of ether oxygens (including phenoxy) is 2. The van der Waals surface area contributed by atoms with Crippen LogP contribution in [0.4, 0.5) is 0 Å². The van der Waals surface area contributed by atoms with Crippen LogP contribution in [0.3, 0.4) is 0 Å². The number of rotatable bonds is 12. The lowest BCUT2D eigenvalue weighted by atomic mass is 10.1. The Morgan fingerprint density at radius 2 is 1.41 bits per heavy atom. The minimum Gasteiger partial charge on any atom is -0.388 e. The van der Waals surface area contributed by atoms with Crippen LogP contribution in [0.1, 0.15) is 71.1 Å². The van der Waals surface area contributed by atoms with Gasteiger partial charge in [-0.2, -0.15) is 0 Å². The van der Waals surface area contributed by atoms with Gasteiger partial charge in [-0.05, 0) is 6.42 Å². The Labute approximate surface area is 134 Å². The molecule has 0 aromatic rings. The summed E-state index contributed by atoms with van der Waals surface area (Å²) in [6.07, 6.45) is 8.43. The van der Waals surface area contributed by atoms with Gasteiger partial charge in [0.1, 0.15) is 18.3 Å². The van der Waals surface area contributed by atoms with Crippen LogP contribution in [0.2, 0.25) is 0 Å². The van der Waals surface area contributed by atoms with Crippen molar-refractivity contribution in [3.63, 3.8) is 0 Å². The summed E-state index contributed by atoms with van der Waals surface area (Å²) in [7, 11) is 0. The molecule has 1 fully saturated rings. The molecule has 0 aromatic carbocycles. The van der Waals surface area contributed by atoms with Crippen LogP contribution < -0.4 is 0 Å². The molecular weight excluding hydrogens is 284 g/mol. The van der Waals surface area contributed by atoms with Crippen molar-refractivity contribution in [1.82, 2.24) is 0 Å². The van der Waals surface area contributed by atoms with E-state index in [4.69, 9.17) is 9.47 Å². The molecule has 4 atom stereocenters. The summed E-state index contributed by atoms with van der Waals surface area (Å²) in [5.41, 5.74) is 0. The van der Waals surface area contributed by atoms with E-state index in [9.17, 15) is 15.3 Å². The van der Waals surface area contributed by atoms with Crippen molar-refractivity contribution < 1.29 is 24.8 Å². The van der Waals surface area contributed by atoms with E-state index in [1.165, 1.54) is 51.4 Å². The third kappa shape index (κ3) is 7.88. The molecule has 132 valence electrons. The SMILES string of the molecule is CCCCCCCCCCCCO[C@H]1C(O)OC[C@@H](O)[C@@H]1O. The summed E-state index contributed by atoms with van der Waals surface area (Å²) in [4.78, 5) is 0. The van der Waals surface area contributed by atoms with Crippen molar-refractivity contribution in [2.24, 2.45) is 0 Å². The summed E-state index contributed by atoms with van der Waals surface area (Å²) < 4.78 is 10.4. The second-order valence-electron chi connectivity index (χ2n) is 6.30. The van der Waals surface area contributed by atoms with Crippen LogP contribution in [0.15, 0.2) is 0 Å². The van der Waals surface area contributed by atoms with Gasteiger partial charge in [0.25, 0.3) is 0 Å². The van der Waals surface area contributed by atoms with Gasteiger partial charge >= 0.3 is 0 Å². The molecule has 1 unspecified atom stereocenters. The first-order chi connectivity index (χ1) is 10.7. The minimum atomic E-state index is -1.15. The van der Waals surface area contributed by atoms with Crippen LogP contribution in [0.25, 0.3) is 0 Å². The molecule has 1 aliphatic heterocycles. The molecule has 0 radical (unpaired) electrons. The van der Waals surface area contributed by atoms with Crippen LogP contribution in [-0.2, 0) is 9.47 Å². The Bertz CT molecular complexity index is 261. The Morgan fingerprint density at radius 3 is 2.00 bits per heavy atom. The predicted molar refractivity (Wildman–Crippen MR) is 85.6 cm³/mol. The van der Waals surface area contributed by atoms with Gasteiger partial charge in [0, 0.05) is 6.61 Å². The summed E-state index contributed by atoms with van der Waals surface area (Å²) >= 11 is 0. The lowest BCUT2D eigenvalue weighted by molar-refractivity contribution is -0.265. The largest absolute Gasteiger partial charge is 0.388 e. The topological polar surface area (TPSA) is 79.2 Å². The highest BCUT2D eigenvalue weighted by atomic mass is 16.6. The quantitative estimate of drug-likeness (QED) is 0.481. The van der Waals surface area contributed by atoms with E-state index in [0.717, 1.165) is 12.8 Å². The molecule has 5 heteroatoms. The standard InChI is InChI=1S/C17H34O5/c1-2-3-4-5-6-7-8-9-10-11-12-21-16-15(19)14(18)13-22-17(16)20/h14-20H,2-13H2,1H3/t14-,15+,16-,17?/m1/s1. The van der Waals surface area contributed by atoms with Gasteiger partial charge in [-0.25, -0.2) is 0 Å². The second kappa shape index (κ2) is 12.3. The second-order valence-corrected chi connectivity index (χ2v) is 6.30. The third-order valence-electron chi connectivity index (χ3n) is 4.26. The number of aliphatic hydroxyl groups excluding tert-OH is 3. The zero-order valence-electron chi connectivity index (χ0n) is 14.0. The summed E-state index contributed by atoms with van der Waals surface area (Å²) in [6.45, 7) is 2.66. The molecule has 3 N–H and O–H groups in total. The Kier molecular flexibility index (Phi) is 11.1. The van der Waals surface area contributed by atoms with E-state index in [1.54, 1.807) is 0 Å². The molecule has 5 nitrogen and oxygen atoms in total. The van der Waals surface area contributed by atoms with Crippen molar-refractivity contribution in [3.05, 3.63) is 0 Å². The maximum absolute atomic E-state index is 9.75. The van der Waals surface area contributed by atoms with Crippen LogP contribution in [0, 0.1) is 0 Å². The van der Waals surface area contributed by atoms with Crippen molar-refractivity contribution in [3.8, 4) is 0 Å². The predicted octanol–water partition coefficient (Wildman–Crippen LogP) is 2.36. The zero-order valence-corrected chi connectivity index (χ0v) is 14.0. The molecule has 0 bridgehead atoms. The van der Waals surface area contributed by atoms with E-state index in [1.807, 2.05) is 0 Å². The van der Waals surface area contributed by atoms with Crippen LogP contribution in [0.5, 0.6) is 0 Å². The number of unbranched alkanes of at least 4 members (excludes halogenated alkanes) is 9. The molecule has 1 aliphatic rings. The number of aliphatic hydroxyl groups is 3. The molecule has 0 aliphatic carbocycles. The van der Waals surface area contributed by atoms with E-state index in [2.05, 4.69) is 6.92 Å². The zero-order chi connectivity index (χ0) is 16.2. The summed E-state index contributed by atoms with van der Waals surface area (Å²) in [6, 6.07) is 0. The smallest absolute Gasteiger partial charge is 0.183 e.